The molecule has 3 N–H and O–H groups in total. The number of alkyl halides is 5. The van der Waals surface area contributed by atoms with Crippen molar-refractivity contribution in [2.24, 2.45) is 0 Å². The van der Waals surface area contributed by atoms with Crippen LogP contribution in [0.15, 0.2) is 37.2 Å². The van der Waals surface area contributed by atoms with Gasteiger partial charge in [-0.1, -0.05) is 11.6 Å². The van der Waals surface area contributed by atoms with E-state index in [1.807, 2.05) is 0 Å². The molecule has 0 atom stereocenters. The Balaban J connectivity index is 1.32. The van der Waals surface area contributed by atoms with E-state index in [-0.39, 0.29) is 34.5 Å². The van der Waals surface area contributed by atoms with E-state index in [1.165, 1.54) is 43.0 Å². The number of anilines is 2. The summed E-state index contributed by atoms with van der Waals surface area (Å²) >= 11 is 6.02. The number of halogens is 6. The number of H-pyrrole nitrogens is 1. The zero-order chi connectivity index (χ0) is 33.1. The fourth-order valence-corrected chi connectivity index (χ4v) is 5.04. The Morgan fingerprint density at radius 2 is 1.72 bits per heavy atom. The van der Waals surface area contributed by atoms with E-state index in [4.69, 9.17) is 16.3 Å². The van der Waals surface area contributed by atoms with Gasteiger partial charge in [0.15, 0.2) is 5.82 Å². The first kappa shape index (κ1) is 32.6. The van der Waals surface area contributed by atoms with Gasteiger partial charge in [0.05, 0.1) is 36.8 Å². The normalized spacial score (nSPS) is 17.0. The summed E-state index contributed by atoms with van der Waals surface area (Å²) in [7, 11) is 1.43. The molecule has 0 radical (unpaired) electrons. The predicted molar refractivity (Wildman–Crippen MR) is 155 cm³/mol. The predicted octanol–water partition coefficient (Wildman–Crippen LogP) is 5.39. The van der Waals surface area contributed by atoms with Crippen LogP contribution in [0.25, 0.3) is 22.6 Å². The Morgan fingerprint density at radius 1 is 1.00 bits per heavy atom. The first-order chi connectivity index (χ1) is 21.8. The highest BCUT2D eigenvalue weighted by molar-refractivity contribution is 6.32. The van der Waals surface area contributed by atoms with Gasteiger partial charge in [-0.3, -0.25) is 15.0 Å². The number of amides is 2. The number of methoxy groups -OCH3 is 1. The molecule has 0 saturated heterocycles. The Kier molecular flexibility index (Phi) is 9.45. The quantitative estimate of drug-likeness (QED) is 0.198. The lowest BCUT2D eigenvalue weighted by molar-refractivity contribution is -0.137. The fraction of sp³-hybridized carbons (Fsp3) is 0.407. The third-order valence-electron chi connectivity index (χ3n) is 7.07. The van der Waals surface area contributed by atoms with Crippen LogP contribution in [-0.2, 0) is 6.18 Å². The van der Waals surface area contributed by atoms with Crippen LogP contribution in [0.4, 0.5) is 38.5 Å². The Hall–Kier alpha value is -4.74. The summed E-state index contributed by atoms with van der Waals surface area (Å²) in [5.74, 6) is -3.07. The van der Waals surface area contributed by atoms with Crippen molar-refractivity contribution in [1.82, 2.24) is 45.4 Å². The minimum atomic E-state index is -4.75. The standard InChI is InChI=1S/C27H27ClF5N11O2/c1-26(29,30)13-39-25(45)44(20-12-34-19(11-35-20)14-7-37-24(46-2)38-8-14)16-5-3-15(4-6-16)41-23-36-9-17(27(31,32)33)21(42-23)22-18(28)10-40-43-22/h7-12,15-16H,3-6,13H2,1-2H3,(H,39,45)(H,40,43)(H,36,41,42). The van der Waals surface area contributed by atoms with Gasteiger partial charge in [0, 0.05) is 49.4 Å². The maximum Gasteiger partial charge on any atom is 0.420 e. The van der Waals surface area contributed by atoms with Crippen molar-refractivity contribution in [2.75, 3.05) is 23.9 Å². The first-order valence-electron chi connectivity index (χ1n) is 13.9. The van der Waals surface area contributed by atoms with E-state index in [1.54, 1.807) is 0 Å². The number of carbonyl (C=O) groups excluding carboxylic acids is 1. The summed E-state index contributed by atoms with van der Waals surface area (Å²) in [4.78, 5) is 39.2. The number of ether oxygens (including phenoxy) is 1. The molecule has 0 aliphatic heterocycles. The Bertz CT molecular complexity index is 1640. The molecule has 1 saturated carbocycles. The molecule has 46 heavy (non-hydrogen) atoms. The molecular weight excluding hydrogens is 641 g/mol. The van der Waals surface area contributed by atoms with Crippen LogP contribution < -0.4 is 20.3 Å². The number of nitrogens with zero attached hydrogens (tertiary/aromatic N) is 8. The second-order valence-corrected chi connectivity index (χ2v) is 10.9. The van der Waals surface area contributed by atoms with Crippen LogP contribution in [0.3, 0.4) is 0 Å². The van der Waals surface area contributed by atoms with E-state index in [0.717, 1.165) is 0 Å². The Labute approximate surface area is 263 Å². The molecular formula is C27H27ClF5N11O2. The molecule has 0 aromatic carbocycles. The number of carbonyl (C=O) groups is 1. The number of rotatable bonds is 9. The van der Waals surface area contributed by atoms with E-state index in [2.05, 4.69) is 50.7 Å². The third-order valence-corrected chi connectivity index (χ3v) is 7.36. The zero-order valence-corrected chi connectivity index (χ0v) is 25.1. The largest absolute Gasteiger partial charge is 0.467 e. The molecule has 4 aromatic heterocycles. The summed E-state index contributed by atoms with van der Waals surface area (Å²) in [6.07, 6.45) is 4.56. The van der Waals surface area contributed by atoms with Gasteiger partial charge in [0.2, 0.25) is 5.95 Å². The van der Waals surface area contributed by atoms with E-state index in [0.29, 0.717) is 50.1 Å². The molecule has 5 rings (SSSR count). The lowest BCUT2D eigenvalue weighted by Gasteiger charge is -2.36. The SMILES string of the molecule is COc1ncc(-c2cnc(N(C(=O)NCC(C)(F)F)C3CCC(Nc4ncc(C(F)(F)F)c(-c5n[nH]cc5Cl)n4)CC3)cn2)cn1. The van der Waals surface area contributed by atoms with Crippen molar-refractivity contribution in [2.45, 2.75) is 56.8 Å². The van der Waals surface area contributed by atoms with E-state index >= 15 is 0 Å². The van der Waals surface area contributed by atoms with Gasteiger partial charge >= 0.3 is 18.2 Å². The molecule has 0 bridgehead atoms. The summed E-state index contributed by atoms with van der Waals surface area (Å²) in [6.45, 7) is -0.198. The number of aromatic nitrogens is 8. The van der Waals surface area contributed by atoms with Crippen LogP contribution in [0.1, 0.15) is 38.2 Å². The van der Waals surface area contributed by atoms with Crippen molar-refractivity contribution >= 4 is 29.4 Å². The Morgan fingerprint density at radius 3 is 2.28 bits per heavy atom. The molecule has 244 valence electrons. The molecule has 1 aliphatic carbocycles. The topological polar surface area (TPSA) is 160 Å². The number of hydrogen-bond donors (Lipinski definition) is 3. The average molecular weight is 668 g/mol. The summed E-state index contributed by atoms with van der Waals surface area (Å²) in [6, 6.07) is -1.34. The van der Waals surface area contributed by atoms with Crippen molar-refractivity contribution in [3.8, 4) is 28.7 Å². The van der Waals surface area contributed by atoms with Gasteiger partial charge in [0.25, 0.3) is 5.92 Å². The maximum atomic E-state index is 13.7. The second kappa shape index (κ2) is 13.3. The smallest absolute Gasteiger partial charge is 0.420 e. The van der Waals surface area contributed by atoms with Gasteiger partial charge in [-0.15, -0.1) is 0 Å². The average Bonchev–Trinajstić information content (AvgIpc) is 3.46. The third kappa shape index (κ3) is 7.72. The molecule has 0 spiro atoms. The molecule has 1 fully saturated rings. The zero-order valence-electron chi connectivity index (χ0n) is 24.3. The molecule has 19 heteroatoms. The van der Waals surface area contributed by atoms with Crippen LogP contribution in [0, 0.1) is 0 Å². The molecule has 2 amide bonds. The van der Waals surface area contributed by atoms with Crippen molar-refractivity contribution in [1.29, 1.82) is 0 Å². The first-order valence-corrected chi connectivity index (χ1v) is 14.2. The van der Waals surface area contributed by atoms with Gasteiger partial charge in [-0.05, 0) is 25.7 Å². The second-order valence-electron chi connectivity index (χ2n) is 10.5. The van der Waals surface area contributed by atoms with Crippen LogP contribution in [0.5, 0.6) is 6.01 Å². The number of nitrogens with one attached hydrogen (secondary N) is 3. The van der Waals surface area contributed by atoms with Gasteiger partial charge in [-0.25, -0.2) is 38.5 Å². The molecule has 13 nitrogen and oxygen atoms in total. The van der Waals surface area contributed by atoms with E-state index in [9.17, 15) is 26.7 Å². The van der Waals surface area contributed by atoms with Crippen LogP contribution in [0.2, 0.25) is 5.02 Å². The van der Waals surface area contributed by atoms with Crippen molar-refractivity contribution in [3.63, 3.8) is 0 Å². The highest BCUT2D eigenvalue weighted by atomic mass is 35.5. The number of aromatic amines is 1. The highest BCUT2D eigenvalue weighted by Gasteiger charge is 2.37. The molecule has 1 aliphatic rings. The van der Waals surface area contributed by atoms with Gasteiger partial charge in [0.1, 0.15) is 17.0 Å². The molecule has 4 aromatic rings. The number of hydrogen-bond acceptors (Lipinski definition) is 10. The molecule has 0 unspecified atom stereocenters. The minimum absolute atomic E-state index is 0.0386. The van der Waals surface area contributed by atoms with Crippen LogP contribution in [-0.4, -0.2) is 77.8 Å². The fourth-order valence-electron chi connectivity index (χ4n) is 4.86. The summed E-state index contributed by atoms with van der Waals surface area (Å²) in [5.41, 5.74) is -0.803. The lowest BCUT2D eigenvalue weighted by atomic mass is 9.90. The van der Waals surface area contributed by atoms with Crippen molar-refractivity contribution < 1.29 is 31.5 Å². The van der Waals surface area contributed by atoms with Crippen molar-refractivity contribution in [3.05, 3.63) is 47.8 Å². The molecule has 4 heterocycles. The highest BCUT2D eigenvalue weighted by Crippen LogP contribution is 2.38. The summed E-state index contributed by atoms with van der Waals surface area (Å²) in [5, 5.41) is 11.5. The van der Waals surface area contributed by atoms with Gasteiger partial charge in [-0.2, -0.15) is 18.3 Å². The van der Waals surface area contributed by atoms with E-state index < -0.39 is 42.0 Å². The van der Waals surface area contributed by atoms with Gasteiger partial charge < -0.3 is 15.4 Å². The monoisotopic (exact) mass is 667 g/mol. The maximum absolute atomic E-state index is 13.7. The lowest BCUT2D eigenvalue weighted by Crippen LogP contribution is -2.51. The summed E-state index contributed by atoms with van der Waals surface area (Å²) < 4.78 is 73.1. The van der Waals surface area contributed by atoms with Crippen LogP contribution >= 0.6 is 11.6 Å². The number of urea groups is 1. The minimum Gasteiger partial charge on any atom is -0.467 e.